The van der Waals surface area contributed by atoms with Gasteiger partial charge in [-0.1, -0.05) is 0 Å². The molecule has 2 aliphatic rings. The molecule has 0 saturated carbocycles. The van der Waals surface area contributed by atoms with E-state index in [1.807, 2.05) is 13.8 Å². The predicted molar refractivity (Wildman–Crippen MR) is 82.2 cm³/mol. The average molecular weight is 324 g/mol. The first-order valence-electron chi connectivity index (χ1n) is 7.44. The van der Waals surface area contributed by atoms with Crippen molar-refractivity contribution in [2.75, 3.05) is 18.5 Å². The molecule has 2 heterocycles. The minimum absolute atomic E-state index is 0.0290. The Bertz CT molecular complexity index is 701. The lowest BCUT2D eigenvalue weighted by Gasteiger charge is -2.35. The van der Waals surface area contributed by atoms with Crippen LogP contribution in [-0.2, 0) is 26.0 Å². The highest BCUT2D eigenvalue weighted by molar-refractivity contribution is 7.89. The minimum Gasteiger partial charge on any atom is -0.375 e. The van der Waals surface area contributed by atoms with Crippen molar-refractivity contribution in [1.82, 2.24) is 4.31 Å². The van der Waals surface area contributed by atoms with E-state index in [0.717, 1.165) is 5.56 Å². The number of nitrogens with zero attached hydrogens (tertiary/aromatic N) is 1. The van der Waals surface area contributed by atoms with E-state index in [9.17, 15) is 13.2 Å². The number of benzene rings is 1. The maximum Gasteiger partial charge on any atom is 0.243 e. The number of rotatable bonds is 2. The van der Waals surface area contributed by atoms with E-state index in [4.69, 9.17) is 4.74 Å². The van der Waals surface area contributed by atoms with E-state index >= 15 is 0 Å². The smallest absolute Gasteiger partial charge is 0.243 e. The molecule has 2 aliphatic heterocycles. The van der Waals surface area contributed by atoms with Gasteiger partial charge >= 0.3 is 0 Å². The molecule has 0 spiro atoms. The molecule has 22 heavy (non-hydrogen) atoms. The van der Waals surface area contributed by atoms with Crippen molar-refractivity contribution < 1.29 is 17.9 Å². The van der Waals surface area contributed by atoms with Crippen LogP contribution in [0.3, 0.4) is 0 Å². The van der Waals surface area contributed by atoms with Crippen molar-refractivity contribution in [2.45, 2.75) is 43.7 Å². The number of carbonyl (C=O) groups excluding carboxylic acids is 1. The molecule has 1 saturated heterocycles. The molecule has 1 amide bonds. The highest BCUT2D eigenvalue weighted by Gasteiger charge is 2.34. The number of carbonyl (C=O) groups is 1. The standard InChI is InChI=1S/C15H20N2O4S/c1-10-9-21-11(2)8-17(10)22(19,20)13-4-5-14-12(7-13)3-6-15(18)16-14/h4-5,7,10-11H,3,6,8-9H2,1-2H3,(H,16,18)/t10-,11-/m0/s1. The normalized spacial score (nSPS) is 26.4. The van der Waals surface area contributed by atoms with E-state index in [-0.39, 0.29) is 22.9 Å². The number of morpholine rings is 1. The fourth-order valence-corrected chi connectivity index (χ4v) is 4.61. The summed E-state index contributed by atoms with van der Waals surface area (Å²) in [6, 6.07) is 4.73. The van der Waals surface area contributed by atoms with Crippen molar-refractivity contribution in [1.29, 1.82) is 0 Å². The summed E-state index contributed by atoms with van der Waals surface area (Å²) >= 11 is 0. The molecule has 0 bridgehead atoms. The maximum atomic E-state index is 12.9. The molecule has 0 radical (unpaired) electrons. The highest BCUT2D eigenvalue weighted by atomic mass is 32.2. The largest absolute Gasteiger partial charge is 0.375 e. The zero-order chi connectivity index (χ0) is 15.9. The number of hydrogen-bond acceptors (Lipinski definition) is 4. The molecule has 0 aliphatic carbocycles. The quantitative estimate of drug-likeness (QED) is 0.891. The van der Waals surface area contributed by atoms with Gasteiger partial charge in [-0.3, -0.25) is 4.79 Å². The molecule has 7 heteroatoms. The third kappa shape index (κ3) is 2.76. The van der Waals surface area contributed by atoms with Gasteiger partial charge in [0.1, 0.15) is 0 Å². The van der Waals surface area contributed by atoms with Crippen molar-refractivity contribution >= 4 is 21.6 Å². The predicted octanol–water partition coefficient (Wildman–Crippen LogP) is 1.37. The van der Waals surface area contributed by atoms with Gasteiger partial charge in [-0.15, -0.1) is 0 Å². The fourth-order valence-electron chi connectivity index (χ4n) is 2.86. The maximum absolute atomic E-state index is 12.9. The summed E-state index contributed by atoms with van der Waals surface area (Å²) in [6.07, 6.45) is 0.851. The lowest BCUT2D eigenvalue weighted by molar-refractivity contribution is -0.116. The first-order valence-corrected chi connectivity index (χ1v) is 8.88. The average Bonchev–Trinajstić information content (AvgIpc) is 2.49. The second-order valence-corrected chi connectivity index (χ2v) is 7.83. The molecule has 0 aromatic heterocycles. The summed E-state index contributed by atoms with van der Waals surface area (Å²) in [4.78, 5) is 11.7. The Morgan fingerprint density at radius 2 is 2.05 bits per heavy atom. The van der Waals surface area contributed by atoms with Gasteiger partial charge in [0.05, 0.1) is 17.6 Å². The Hall–Kier alpha value is -1.44. The van der Waals surface area contributed by atoms with Crippen LogP contribution in [0.2, 0.25) is 0 Å². The van der Waals surface area contributed by atoms with Gasteiger partial charge < -0.3 is 10.1 Å². The van der Waals surface area contributed by atoms with Crippen LogP contribution in [0.5, 0.6) is 0 Å². The van der Waals surface area contributed by atoms with Crippen molar-refractivity contribution in [3.05, 3.63) is 23.8 Å². The molecule has 1 aromatic carbocycles. The monoisotopic (exact) mass is 324 g/mol. The van der Waals surface area contributed by atoms with Crippen LogP contribution in [0, 0.1) is 0 Å². The van der Waals surface area contributed by atoms with Crippen molar-refractivity contribution in [2.24, 2.45) is 0 Å². The Labute approximate surface area is 130 Å². The van der Waals surface area contributed by atoms with E-state index in [2.05, 4.69) is 5.32 Å². The Kier molecular flexibility index (Phi) is 3.96. The second-order valence-electron chi connectivity index (χ2n) is 5.93. The molecule has 1 aromatic rings. The molecular weight excluding hydrogens is 304 g/mol. The summed E-state index contributed by atoms with van der Waals surface area (Å²) in [6.45, 7) is 4.48. The van der Waals surface area contributed by atoms with E-state index in [1.165, 1.54) is 4.31 Å². The summed E-state index contributed by atoms with van der Waals surface area (Å²) < 4.78 is 32.8. The van der Waals surface area contributed by atoms with Gasteiger partial charge in [-0.2, -0.15) is 4.31 Å². The Morgan fingerprint density at radius 1 is 1.27 bits per heavy atom. The summed E-state index contributed by atoms with van der Waals surface area (Å²) in [5, 5.41) is 2.77. The third-order valence-corrected chi connectivity index (χ3v) is 6.11. The lowest BCUT2D eigenvalue weighted by atomic mass is 10.0. The first kappa shape index (κ1) is 15.5. The summed E-state index contributed by atoms with van der Waals surface area (Å²) in [5.74, 6) is -0.0290. The van der Waals surface area contributed by atoms with Gasteiger partial charge in [-0.05, 0) is 44.0 Å². The van der Waals surface area contributed by atoms with Gasteiger partial charge in [0, 0.05) is 24.7 Å². The van der Waals surface area contributed by atoms with Gasteiger partial charge in [0.2, 0.25) is 15.9 Å². The van der Waals surface area contributed by atoms with Crippen molar-refractivity contribution in [3.63, 3.8) is 0 Å². The van der Waals surface area contributed by atoms with E-state index in [0.29, 0.717) is 31.7 Å². The minimum atomic E-state index is -3.55. The Balaban J connectivity index is 1.94. The van der Waals surface area contributed by atoms with Gasteiger partial charge in [-0.25, -0.2) is 8.42 Å². The number of aryl methyl sites for hydroxylation is 1. The van der Waals surface area contributed by atoms with Crippen LogP contribution in [-0.4, -0.2) is 43.9 Å². The van der Waals surface area contributed by atoms with E-state index in [1.54, 1.807) is 18.2 Å². The zero-order valence-electron chi connectivity index (χ0n) is 12.7. The molecule has 3 rings (SSSR count). The number of sulfonamides is 1. The van der Waals surface area contributed by atoms with Crippen molar-refractivity contribution in [3.8, 4) is 0 Å². The number of anilines is 1. The zero-order valence-corrected chi connectivity index (χ0v) is 13.5. The SMILES string of the molecule is C[C@H]1CN(S(=O)(=O)c2ccc3c(c2)CCC(=O)N3)[C@@H](C)CO1. The van der Waals surface area contributed by atoms with Crippen LogP contribution in [0.1, 0.15) is 25.8 Å². The number of nitrogens with one attached hydrogen (secondary N) is 1. The molecule has 0 unspecified atom stereocenters. The van der Waals surface area contributed by atoms with Gasteiger partial charge in [0.15, 0.2) is 0 Å². The molecule has 2 atom stereocenters. The van der Waals surface area contributed by atoms with Gasteiger partial charge in [0.25, 0.3) is 0 Å². The topological polar surface area (TPSA) is 75.7 Å². The molecule has 120 valence electrons. The summed E-state index contributed by atoms with van der Waals surface area (Å²) in [7, 11) is -3.55. The number of amides is 1. The van der Waals surface area contributed by atoms with Crippen LogP contribution in [0.15, 0.2) is 23.1 Å². The summed E-state index contributed by atoms with van der Waals surface area (Å²) in [5.41, 5.74) is 1.58. The fraction of sp³-hybridized carbons (Fsp3) is 0.533. The number of ether oxygens (including phenoxy) is 1. The second kappa shape index (κ2) is 5.64. The van der Waals surface area contributed by atoms with Crippen LogP contribution >= 0.6 is 0 Å². The van der Waals surface area contributed by atoms with Crippen LogP contribution in [0.4, 0.5) is 5.69 Å². The first-order chi connectivity index (χ1) is 10.4. The van der Waals surface area contributed by atoms with Crippen LogP contribution in [0.25, 0.3) is 0 Å². The molecule has 6 nitrogen and oxygen atoms in total. The molecule has 1 fully saturated rings. The lowest BCUT2D eigenvalue weighted by Crippen LogP contribution is -2.50. The third-order valence-electron chi connectivity index (χ3n) is 4.13. The number of fused-ring (bicyclic) bond motifs is 1. The molecular formula is C15H20N2O4S. The Morgan fingerprint density at radius 3 is 2.82 bits per heavy atom. The number of hydrogen-bond donors (Lipinski definition) is 1. The molecule has 1 N–H and O–H groups in total. The highest BCUT2D eigenvalue weighted by Crippen LogP contribution is 2.28. The van der Waals surface area contributed by atoms with Crippen LogP contribution < -0.4 is 5.32 Å². The van der Waals surface area contributed by atoms with E-state index < -0.39 is 10.0 Å².